The lowest BCUT2D eigenvalue weighted by molar-refractivity contribution is 0.122. The molecule has 1 saturated heterocycles. The first-order valence-corrected chi connectivity index (χ1v) is 14.0. The lowest BCUT2D eigenvalue weighted by atomic mass is 10.2. The number of aliphatic hydroxyl groups is 1. The summed E-state index contributed by atoms with van der Waals surface area (Å²) in [5.41, 5.74) is 1.05. The molecule has 1 aromatic heterocycles. The molecule has 7 nitrogen and oxygen atoms in total. The van der Waals surface area contributed by atoms with Crippen molar-refractivity contribution in [2.24, 2.45) is 0 Å². The van der Waals surface area contributed by atoms with Crippen LogP contribution in [0.5, 0.6) is 5.88 Å². The van der Waals surface area contributed by atoms with Gasteiger partial charge in [0.2, 0.25) is 5.88 Å². The van der Waals surface area contributed by atoms with Crippen LogP contribution in [0.2, 0.25) is 18.1 Å². The van der Waals surface area contributed by atoms with E-state index in [1.807, 2.05) is 11.6 Å². The summed E-state index contributed by atoms with van der Waals surface area (Å²) < 4.78 is 20.5. The van der Waals surface area contributed by atoms with Crippen LogP contribution in [-0.4, -0.2) is 61.8 Å². The van der Waals surface area contributed by atoms with E-state index in [1.54, 1.807) is 0 Å². The molecule has 0 radical (unpaired) electrons. The van der Waals surface area contributed by atoms with Gasteiger partial charge in [-0.3, -0.25) is 4.68 Å². The minimum absolute atomic E-state index is 0.0616. The molecule has 1 aliphatic heterocycles. The molecule has 0 unspecified atom stereocenters. The summed E-state index contributed by atoms with van der Waals surface area (Å²) in [5, 5.41) is 18.3. The van der Waals surface area contributed by atoms with Crippen LogP contribution < -0.4 is 10.1 Å². The van der Waals surface area contributed by atoms with Gasteiger partial charge < -0.3 is 24.3 Å². The van der Waals surface area contributed by atoms with Crippen LogP contribution in [0.25, 0.3) is 0 Å². The molecule has 0 saturated carbocycles. The predicted molar refractivity (Wildman–Crippen MR) is 121 cm³/mol. The summed E-state index contributed by atoms with van der Waals surface area (Å²) in [6.07, 6.45) is -0.472. The number of rotatable bonds is 9. The zero-order valence-corrected chi connectivity index (χ0v) is 21.4. The lowest BCUT2D eigenvalue weighted by Gasteiger charge is -2.37. The van der Waals surface area contributed by atoms with Gasteiger partial charge in [-0.2, -0.15) is 0 Å². The maximum Gasteiger partial charge on any atom is 0.246 e. The van der Waals surface area contributed by atoms with Gasteiger partial charge in [-0.25, -0.2) is 0 Å². The average molecular weight is 526 g/mol. The molecular formula is C19H36IN3O4Si. The fraction of sp³-hybridized carbons (Fsp3) is 0.842. The van der Waals surface area contributed by atoms with E-state index >= 15 is 0 Å². The normalized spacial score (nSPS) is 21.9. The molecule has 2 rings (SSSR count). The number of hydrogen-bond acceptors (Lipinski definition) is 6. The number of hydrogen-bond donors (Lipinski definition) is 2. The highest BCUT2D eigenvalue weighted by molar-refractivity contribution is 14.1. The number of nitrogens with one attached hydrogen (secondary N) is 1. The first-order valence-electron chi connectivity index (χ1n) is 10.0. The maximum atomic E-state index is 10.0. The first-order chi connectivity index (χ1) is 13.0. The van der Waals surface area contributed by atoms with E-state index in [9.17, 15) is 5.11 Å². The van der Waals surface area contributed by atoms with Gasteiger partial charge in [0.05, 0.1) is 53.9 Å². The Morgan fingerprint density at radius 3 is 2.61 bits per heavy atom. The van der Waals surface area contributed by atoms with E-state index in [-0.39, 0.29) is 17.1 Å². The standard InChI is InChI=1S/C19H36IN3O4Si/c1-8-26-18-17(20)15(9-21-14-11-25-12-16(14)24)23(22-18)13(2)10-27-28(6,7)19(3,4)5/h13-14,16,21,24H,8-12H2,1-7H3/t13-,14+,16-/m0/s1. The smallest absolute Gasteiger partial charge is 0.246 e. The molecule has 2 N–H and O–H groups in total. The van der Waals surface area contributed by atoms with E-state index in [0.717, 1.165) is 9.26 Å². The predicted octanol–water partition coefficient (Wildman–Crippen LogP) is 3.32. The Morgan fingerprint density at radius 2 is 2.07 bits per heavy atom. The highest BCUT2D eigenvalue weighted by Crippen LogP contribution is 2.37. The molecule has 0 aromatic carbocycles. The van der Waals surface area contributed by atoms with Crippen LogP contribution in [0.3, 0.4) is 0 Å². The fourth-order valence-corrected chi connectivity index (χ4v) is 4.55. The minimum atomic E-state index is -1.83. The van der Waals surface area contributed by atoms with Crippen LogP contribution >= 0.6 is 22.6 Å². The molecule has 28 heavy (non-hydrogen) atoms. The first kappa shape index (κ1) is 24.1. The SMILES string of the molecule is CCOc1nn([C@@H](C)CO[Si](C)(C)C(C)(C)C)c(CN[C@@H]2COC[C@@H]2O)c1I. The van der Waals surface area contributed by atoms with Gasteiger partial charge in [0.15, 0.2) is 8.32 Å². The van der Waals surface area contributed by atoms with Crippen molar-refractivity contribution in [3.8, 4) is 5.88 Å². The fourth-order valence-electron chi connectivity index (χ4n) is 2.76. The Balaban J connectivity index is 2.15. The van der Waals surface area contributed by atoms with Crippen molar-refractivity contribution in [1.29, 1.82) is 0 Å². The van der Waals surface area contributed by atoms with Gasteiger partial charge in [0.1, 0.15) is 0 Å². The van der Waals surface area contributed by atoms with Gasteiger partial charge in [-0.05, 0) is 54.6 Å². The van der Waals surface area contributed by atoms with Gasteiger partial charge in [0, 0.05) is 6.54 Å². The minimum Gasteiger partial charge on any atom is -0.476 e. The summed E-state index contributed by atoms with van der Waals surface area (Å²) in [7, 11) is -1.83. The Morgan fingerprint density at radius 1 is 1.39 bits per heavy atom. The Bertz CT molecular complexity index is 648. The highest BCUT2D eigenvalue weighted by Gasteiger charge is 2.37. The molecule has 162 valence electrons. The quantitative estimate of drug-likeness (QED) is 0.381. The van der Waals surface area contributed by atoms with Crippen molar-refractivity contribution in [1.82, 2.24) is 15.1 Å². The monoisotopic (exact) mass is 525 g/mol. The topological polar surface area (TPSA) is 77.8 Å². The molecular weight excluding hydrogens is 489 g/mol. The molecule has 0 amide bonds. The number of aromatic nitrogens is 2. The zero-order chi connectivity index (χ0) is 21.1. The third kappa shape index (κ3) is 5.69. The van der Waals surface area contributed by atoms with E-state index in [2.05, 4.69) is 68.7 Å². The van der Waals surface area contributed by atoms with Crippen molar-refractivity contribution in [3.63, 3.8) is 0 Å². The molecule has 2 heterocycles. The van der Waals surface area contributed by atoms with Crippen LogP contribution in [0.4, 0.5) is 0 Å². The van der Waals surface area contributed by atoms with Crippen molar-refractivity contribution >= 4 is 30.9 Å². The van der Waals surface area contributed by atoms with Crippen LogP contribution in [0.1, 0.15) is 46.4 Å². The zero-order valence-electron chi connectivity index (χ0n) is 18.2. The van der Waals surface area contributed by atoms with E-state index < -0.39 is 14.4 Å². The molecule has 1 aliphatic rings. The summed E-state index contributed by atoms with van der Waals surface area (Å²) in [4.78, 5) is 0. The number of nitrogens with zero attached hydrogens (tertiary/aromatic N) is 2. The van der Waals surface area contributed by atoms with E-state index in [0.29, 0.717) is 38.9 Å². The van der Waals surface area contributed by atoms with Gasteiger partial charge >= 0.3 is 0 Å². The molecule has 3 atom stereocenters. The summed E-state index contributed by atoms with van der Waals surface area (Å²) in [6, 6.07) is 0.0203. The molecule has 1 aromatic rings. The Kier molecular flexibility index (Phi) is 8.37. The second-order valence-electron chi connectivity index (χ2n) is 8.96. The highest BCUT2D eigenvalue weighted by atomic mass is 127. The summed E-state index contributed by atoms with van der Waals surface area (Å²) >= 11 is 2.29. The number of ether oxygens (including phenoxy) is 2. The summed E-state index contributed by atoms with van der Waals surface area (Å²) in [6.45, 7) is 18.0. The van der Waals surface area contributed by atoms with Crippen LogP contribution in [0, 0.1) is 3.57 Å². The van der Waals surface area contributed by atoms with Gasteiger partial charge in [-0.15, -0.1) is 5.10 Å². The van der Waals surface area contributed by atoms with Crippen molar-refractivity contribution < 1.29 is 19.0 Å². The van der Waals surface area contributed by atoms with Crippen LogP contribution in [-0.2, 0) is 15.7 Å². The van der Waals surface area contributed by atoms with Gasteiger partial charge in [-0.1, -0.05) is 20.8 Å². The third-order valence-corrected chi connectivity index (χ3v) is 11.3. The number of aliphatic hydroxyl groups excluding tert-OH is 1. The molecule has 0 bridgehead atoms. The molecule has 0 aliphatic carbocycles. The van der Waals surface area contributed by atoms with Crippen LogP contribution in [0.15, 0.2) is 0 Å². The average Bonchev–Trinajstić information content (AvgIpc) is 3.14. The third-order valence-electron chi connectivity index (χ3n) is 5.69. The Hall–Kier alpha value is -0.203. The van der Waals surface area contributed by atoms with Crippen molar-refractivity contribution in [3.05, 3.63) is 9.26 Å². The van der Waals surface area contributed by atoms with Crippen molar-refractivity contribution in [2.45, 2.75) is 77.5 Å². The second-order valence-corrected chi connectivity index (χ2v) is 14.8. The lowest BCUT2D eigenvalue weighted by Crippen LogP contribution is -2.42. The van der Waals surface area contributed by atoms with Crippen molar-refractivity contribution in [2.75, 3.05) is 26.4 Å². The summed E-state index contributed by atoms with van der Waals surface area (Å²) in [5.74, 6) is 0.655. The number of halogens is 1. The Labute approximate surface area is 183 Å². The largest absolute Gasteiger partial charge is 0.476 e. The molecule has 1 fully saturated rings. The van der Waals surface area contributed by atoms with E-state index in [4.69, 9.17) is 19.0 Å². The van der Waals surface area contributed by atoms with Gasteiger partial charge in [0.25, 0.3) is 0 Å². The second kappa shape index (κ2) is 9.74. The van der Waals surface area contributed by atoms with E-state index in [1.165, 1.54) is 0 Å². The molecule has 9 heteroatoms. The maximum absolute atomic E-state index is 10.0. The molecule has 0 spiro atoms.